The van der Waals surface area contributed by atoms with E-state index in [1.807, 2.05) is 0 Å². The first-order chi connectivity index (χ1) is 12.4. The molecular formula is C22H35NO3. The number of esters is 1. The van der Waals surface area contributed by atoms with E-state index in [0.29, 0.717) is 36.8 Å². The van der Waals surface area contributed by atoms with Gasteiger partial charge in [0.05, 0.1) is 0 Å². The second kappa shape index (κ2) is 8.14. The van der Waals surface area contributed by atoms with Crippen LogP contribution in [0.1, 0.15) is 78.1 Å². The topological polar surface area (TPSA) is 55.4 Å². The first kappa shape index (κ1) is 19.4. The lowest BCUT2D eigenvalue weighted by atomic mass is 9.49. The zero-order chi connectivity index (χ0) is 18.7. The molecule has 1 N–H and O–H groups in total. The molecule has 0 aliphatic heterocycles. The monoisotopic (exact) mass is 361 g/mol. The summed E-state index contributed by atoms with van der Waals surface area (Å²) in [5, 5.41) is 2.79. The fourth-order valence-corrected chi connectivity index (χ4v) is 5.91. The molecule has 4 aliphatic rings. The van der Waals surface area contributed by atoms with Gasteiger partial charge in [0.1, 0.15) is 5.60 Å². The van der Waals surface area contributed by atoms with E-state index in [1.54, 1.807) is 6.92 Å². The Bertz CT molecular complexity index is 526. The smallest absolute Gasteiger partial charge is 0.306 e. The second-order valence-corrected chi connectivity index (χ2v) is 8.98. The van der Waals surface area contributed by atoms with Crippen LogP contribution in [0.15, 0.2) is 12.2 Å². The van der Waals surface area contributed by atoms with Crippen molar-refractivity contribution in [3.63, 3.8) is 0 Å². The van der Waals surface area contributed by atoms with Gasteiger partial charge in [-0.05, 0) is 82.0 Å². The molecule has 146 valence electrons. The molecule has 4 rings (SSSR count). The first-order valence-electron chi connectivity index (χ1n) is 10.6. The third-order valence-electron chi connectivity index (χ3n) is 6.98. The van der Waals surface area contributed by atoms with Gasteiger partial charge in [0, 0.05) is 18.5 Å². The van der Waals surface area contributed by atoms with Gasteiger partial charge in [-0.15, -0.1) is 0 Å². The van der Waals surface area contributed by atoms with Crippen LogP contribution in [0.4, 0.5) is 0 Å². The molecule has 0 aromatic rings. The molecule has 0 spiro atoms. The number of unbranched alkanes of at least 4 members (excludes halogenated alkanes) is 1. The van der Waals surface area contributed by atoms with Crippen LogP contribution in [0, 0.1) is 23.7 Å². The third-order valence-corrected chi connectivity index (χ3v) is 6.98. The van der Waals surface area contributed by atoms with E-state index < -0.39 is 0 Å². The van der Waals surface area contributed by atoms with Crippen molar-refractivity contribution in [1.82, 2.24) is 5.32 Å². The number of ether oxygens (including phenoxy) is 1. The maximum atomic E-state index is 12.6. The summed E-state index contributed by atoms with van der Waals surface area (Å²) in [5.41, 5.74) is 0.307. The quantitative estimate of drug-likeness (QED) is 0.376. The lowest BCUT2D eigenvalue weighted by Gasteiger charge is -2.60. The van der Waals surface area contributed by atoms with Gasteiger partial charge >= 0.3 is 5.97 Å². The van der Waals surface area contributed by atoms with Crippen LogP contribution in [0.2, 0.25) is 0 Å². The predicted molar refractivity (Wildman–Crippen MR) is 102 cm³/mol. The SMILES string of the molecule is C=C(C)C(=O)NCCCC(=O)OC1(CCCC)C2CC3CC(C2)CC1C3. The molecule has 26 heavy (non-hydrogen) atoms. The fraction of sp³-hybridized carbons (Fsp3) is 0.818. The highest BCUT2D eigenvalue weighted by Crippen LogP contribution is 2.61. The number of hydrogen-bond donors (Lipinski definition) is 1. The summed E-state index contributed by atoms with van der Waals surface area (Å²) in [4.78, 5) is 24.1. The molecule has 4 nitrogen and oxygen atoms in total. The molecule has 4 aliphatic carbocycles. The summed E-state index contributed by atoms with van der Waals surface area (Å²) in [7, 11) is 0. The highest BCUT2D eigenvalue weighted by Gasteiger charge is 2.58. The average Bonchev–Trinajstić information content (AvgIpc) is 2.60. The standard InChI is InChI=1S/C22H35NO3/c1-4-5-8-22(18-11-16-10-17(13-18)14-19(22)12-16)26-20(24)7-6-9-23-21(25)15(2)3/h16-19H,2,4-14H2,1,3H3,(H,23,25). The molecule has 0 heterocycles. The molecule has 4 fully saturated rings. The van der Waals surface area contributed by atoms with Crippen molar-refractivity contribution >= 4 is 11.9 Å². The number of amides is 1. The summed E-state index contributed by atoms with van der Waals surface area (Å²) in [5.74, 6) is 2.71. The number of carbonyl (C=O) groups excluding carboxylic acids is 2. The Morgan fingerprint density at radius 1 is 1.08 bits per heavy atom. The van der Waals surface area contributed by atoms with Crippen molar-refractivity contribution in [2.75, 3.05) is 6.54 Å². The van der Waals surface area contributed by atoms with Crippen LogP contribution in [0.25, 0.3) is 0 Å². The minimum absolute atomic E-state index is 0.0712. The summed E-state index contributed by atoms with van der Waals surface area (Å²) in [6.45, 7) is 8.03. The summed E-state index contributed by atoms with van der Waals surface area (Å²) in [6.07, 6.45) is 10.8. The molecule has 0 unspecified atom stereocenters. The van der Waals surface area contributed by atoms with E-state index in [9.17, 15) is 9.59 Å². The zero-order valence-electron chi connectivity index (χ0n) is 16.5. The molecule has 0 aromatic carbocycles. The van der Waals surface area contributed by atoms with Crippen LogP contribution < -0.4 is 5.32 Å². The van der Waals surface area contributed by atoms with Crippen molar-refractivity contribution < 1.29 is 14.3 Å². The van der Waals surface area contributed by atoms with E-state index >= 15 is 0 Å². The molecule has 0 atom stereocenters. The third kappa shape index (κ3) is 3.99. The summed E-state index contributed by atoms with van der Waals surface area (Å²) < 4.78 is 6.30. The maximum Gasteiger partial charge on any atom is 0.306 e. The fourth-order valence-electron chi connectivity index (χ4n) is 5.91. The van der Waals surface area contributed by atoms with Gasteiger partial charge in [-0.3, -0.25) is 9.59 Å². The van der Waals surface area contributed by atoms with E-state index in [4.69, 9.17) is 4.74 Å². The van der Waals surface area contributed by atoms with Crippen LogP contribution in [-0.2, 0) is 14.3 Å². The van der Waals surface area contributed by atoms with E-state index in [0.717, 1.165) is 31.1 Å². The van der Waals surface area contributed by atoms with E-state index in [1.165, 1.54) is 32.1 Å². The van der Waals surface area contributed by atoms with Gasteiger partial charge in [-0.1, -0.05) is 19.9 Å². The van der Waals surface area contributed by atoms with Crippen LogP contribution in [0.5, 0.6) is 0 Å². The summed E-state index contributed by atoms with van der Waals surface area (Å²) >= 11 is 0. The highest BCUT2D eigenvalue weighted by atomic mass is 16.6. The normalized spacial score (nSPS) is 34.5. The Kier molecular flexibility index (Phi) is 6.09. The van der Waals surface area contributed by atoms with Gasteiger partial charge in [0.2, 0.25) is 5.91 Å². The van der Waals surface area contributed by atoms with Gasteiger partial charge in [-0.2, -0.15) is 0 Å². The largest absolute Gasteiger partial charge is 0.458 e. The van der Waals surface area contributed by atoms with Crippen molar-refractivity contribution in [2.24, 2.45) is 23.7 Å². The molecule has 4 saturated carbocycles. The van der Waals surface area contributed by atoms with Gasteiger partial charge in [0.15, 0.2) is 0 Å². The van der Waals surface area contributed by atoms with E-state index in [-0.39, 0.29) is 17.5 Å². The van der Waals surface area contributed by atoms with Crippen LogP contribution in [0.3, 0.4) is 0 Å². The molecule has 1 amide bonds. The van der Waals surface area contributed by atoms with Gasteiger partial charge in [-0.25, -0.2) is 0 Å². The van der Waals surface area contributed by atoms with Gasteiger partial charge < -0.3 is 10.1 Å². The molecular weight excluding hydrogens is 326 g/mol. The lowest BCUT2D eigenvalue weighted by Crippen LogP contribution is -2.59. The number of rotatable bonds is 9. The molecule has 0 aromatic heterocycles. The van der Waals surface area contributed by atoms with Crippen molar-refractivity contribution in [3.8, 4) is 0 Å². The minimum Gasteiger partial charge on any atom is -0.458 e. The Balaban J connectivity index is 1.56. The predicted octanol–water partition coefficient (Wildman–Crippen LogP) is 4.39. The maximum absolute atomic E-state index is 12.6. The van der Waals surface area contributed by atoms with E-state index in [2.05, 4.69) is 18.8 Å². The average molecular weight is 362 g/mol. The second-order valence-electron chi connectivity index (χ2n) is 8.98. The van der Waals surface area contributed by atoms with Crippen LogP contribution in [-0.4, -0.2) is 24.0 Å². The molecule has 4 heteroatoms. The van der Waals surface area contributed by atoms with Gasteiger partial charge in [0.25, 0.3) is 0 Å². The van der Waals surface area contributed by atoms with Crippen molar-refractivity contribution in [1.29, 1.82) is 0 Å². The number of carbonyl (C=O) groups is 2. The lowest BCUT2D eigenvalue weighted by molar-refractivity contribution is -0.212. The van der Waals surface area contributed by atoms with Crippen LogP contribution >= 0.6 is 0 Å². The Morgan fingerprint density at radius 3 is 2.23 bits per heavy atom. The first-order valence-corrected chi connectivity index (χ1v) is 10.6. The molecule has 0 saturated heterocycles. The zero-order valence-corrected chi connectivity index (χ0v) is 16.5. The number of hydrogen-bond acceptors (Lipinski definition) is 3. The molecule has 0 radical (unpaired) electrons. The van der Waals surface area contributed by atoms with Crippen molar-refractivity contribution in [3.05, 3.63) is 12.2 Å². The Labute approximate surface area is 158 Å². The minimum atomic E-state index is -0.193. The number of nitrogens with one attached hydrogen (secondary N) is 1. The molecule has 4 bridgehead atoms. The Hall–Kier alpha value is -1.32. The Morgan fingerprint density at radius 2 is 1.69 bits per heavy atom. The highest BCUT2D eigenvalue weighted by molar-refractivity contribution is 5.92. The summed E-state index contributed by atoms with van der Waals surface area (Å²) in [6, 6.07) is 0. The van der Waals surface area contributed by atoms with Crippen molar-refractivity contribution in [2.45, 2.75) is 83.7 Å².